The molecule has 4 nitrogen and oxygen atoms in total. The Kier molecular flexibility index (Phi) is 5.94. The van der Waals surface area contributed by atoms with Crippen LogP contribution in [-0.2, 0) is 9.53 Å². The Morgan fingerprint density at radius 2 is 1.63 bits per heavy atom. The third kappa shape index (κ3) is 3.02. The Morgan fingerprint density at radius 1 is 0.914 bits per heavy atom. The summed E-state index contributed by atoms with van der Waals surface area (Å²) in [6.07, 6.45) is 10.1. The third-order valence-corrected chi connectivity index (χ3v) is 13.8. The molecule has 0 aromatic carbocycles. The van der Waals surface area contributed by atoms with Gasteiger partial charge in [0.15, 0.2) is 0 Å². The summed E-state index contributed by atoms with van der Waals surface area (Å²) in [7, 11) is 1.58. The predicted molar refractivity (Wildman–Crippen MR) is 138 cm³/mol. The van der Waals surface area contributed by atoms with Gasteiger partial charge in [-0.05, 0) is 117 Å². The number of carbonyl (C=O) groups is 1. The van der Waals surface area contributed by atoms with Crippen LogP contribution in [0.4, 0.5) is 0 Å². The molecule has 5 aliphatic carbocycles. The van der Waals surface area contributed by atoms with Gasteiger partial charge in [0.2, 0.25) is 0 Å². The van der Waals surface area contributed by atoms with E-state index in [0.29, 0.717) is 29.6 Å². The number of methoxy groups -OCH3 is 1. The van der Waals surface area contributed by atoms with E-state index in [1.54, 1.807) is 7.11 Å². The largest absolute Gasteiger partial charge is 0.469 e. The van der Waals surface area contributed by atoms with Crippen molar-refractivity contribution in [1.82, 2.24) is 0 Å². The molecule has 0 aromatic heterocycles. The number of aliphatic hydroxyl groups excluding tert-OH is 2. The number of hydrogen-bond acceptors (Lipinski definition) is 4. The van der Waals surface area contributed by atoms with Crippen molar-refractivity contribution in [1.29, 1.82) is 0 Å². The van der Waals surface area contributed by atoms with Gasteiger partial charge in [0, 0.05) is 5.41 Å². The third-order valence-electron chi connectivity index (χ3n) is 13.8. The van der Waals surface area contributed by atoms with Crippen molar-refractivity contribution in [2.24, 2.45) is 56.7 Å². The number of esters is 1. The Hall–Kier alpha value is -0.870. The molecule has 4 heteroatoms. The summed E-state index contributed by atoms with van der Waals surface area (Å²) in [5.41, 5.74) is 1.01. The molecule has 3 unspecified atom stereocenters. The van der Waals surface area contributed by atoms with Crippen molar-refractivity contribution in [3.63, 3.8) is 0 Å². The van der Waals surface area contributed by atoms with Crippen LogP contribution in [0.15, 0.2) is 12.2 Å². The lowest BCUT2D eigenvalue weighted by molar-refractivity contribution is -0.254. The first kappa shape index (κ1) is 25.8. The molecule has 5 saturated carbocycles. The standard InChI is InChI=1S/C31H50O4/c1-19(2)20-10-15-31(26(34)35-7)17-16-29(5)21(25(20)31)8-9-23-27(3)13-12-24(33)28(4,18-32)22(27)11-14-30(23,29)6/h20-25,32-33H,1,8-18H2,2-7H3/t20-,21?,22+,23?,24-,25?,27-,28-,29+,30+,31-/m0/s1. The lowest BCUT2D eigenvalue weighted by Gasteiger charge is -2.72. The first-order valence-corrected chi connectivity index (χ1v) is 14.4. The first-order valence-electron chi connectivity index (χ1n) is 14.4. The number of rotatable bonds is 3. The zero-order valence-corrected chi connectivity index (χ0v) is 23.2. The zero-order chi connectivity index (χ0) is 25.6. The molecule has 0 amide bonds. The maximum Gasteiger partial charge on any atom is 0.312 e. The second kappa shape index (κ2) is 8.06. The van der Waals surface area contributed by atoms with E-state index in [1.807, 2.05) is 0 Å². The number of allylic oxidation sites excluding steroid dienone is 1. The van der Waals surface area contributed by atoms with Gasteiger partial charge in [0.25, 0.3) is 0 Å². The van der Waals surface area contributed by atoms with Crippen LogP contribution >= 0.6 is 0 Å². The Labute approximate surface area is 213 Å². The first-order chi connectivity index (χ1) is 16.4. The number of fused-ring (bicyclic) bond motifs is 7. The van der Waals surface area contributed by atoms with Crippen molar-refractivity contribution in [2.45, 2.75) is 105 Å². The van der Waals surface area contributed by atoms with Gasteiger partial charge in [-0.15, -0.1) is 0 Å². The molecule has 0 saturated heterocycles. The smallest absolute Gasteiger partial charge is 0.312 e. The van der Waals surface area contributed by atoms with E-state index in [4.69, 9.17) is 4.74 Å². The van der Waals surface area contributed by atoms with Crippen LogP contribution in [0.25, 0.3) is 0 Å². The molecular formula is C31H50O4. The topological polar surface area (TPSA) is 66.8 Å². The minimum Gasteiger partial charge on any atom is -0.469 e. The lowest BCUT2D eigenvalue weighted by atomic mass is 9.32. The van der Waals surface area contributed by atoms with E-state index in [1.165, 1.54) is 18.4 Å². The van der Waals surface area contributed by atoms with E-state index in [9.17, 15) is 15.0 Å². The van der Waals surface area contributed by atoms with Gasteiger partial charge in [-0.1, -0.05) is 39.8 Å². The summed E-state index contributed by atoms with van der Waals surface area (Å²) in [4.78, 5) is 13.4. The van der Waals surface area contributed by atoms with Crippen LogP contribution in [0.1, 0.15) is 98.8 Å². The number of hydrogen-bond donors (Lipinski definition) is 2. The van der Waals surface area contributed by atoms with Gasteiger partial charge in [0.05, 0.1) is 25.2 Å². The number of carbonyl (C=O) groups excluding carboxylic acids is 1. The Balaban J connectivity index is 1.56. The summed E-state index contributed by atoms with van der Waals surface area (Å²) >= 11 is 0. The van der Waals surface area contributed by atoms with Crippen molar-refractivity contribution < 1.29 is 19.7 Å². The van der Waals surface area contributed by atoms with Gasteiger partial charge < -0.3 is 14.9 Å². The normalized spacial score (nSPS) is 55.2. The molecule has 5 fully saturated rings. The van der Waals surface area contributed by atoms with Gasteiger partial charge in [-0.25, -0.2) is 0 Å². The maximum absolute atomic E-state index is 13.4. The van der Waals surface area contributed by atoms with Crippen molar-refractivity contribution in [3.05, 3.63) is 12.2 Å². The molecule has 11 atom stereocenters. The maximum atomic E-state index is 13.4. The molecule has 0 aromatic rings. The number of aliphatic hydroxyl groups is 2. The molecule has 35 heavy (non-hydrogen) atoms. The number of ether oxygens (including phenoxy) is 1. The molecule has 198 valence electrons. The van der Waals surface area contributed by atoms with Gasteiger partial charge in [0.1, 0.15) is 0 Å². The fraction of sp³-hybridized carbons (Fsp3) is 0.903. The van der Waals surface area contributed by atoms with Gasteiger partial charge in [-0.3, -0.25) is 4.79 Å². The molecular weight excluding hydrogens is 436 g/mol. The zero-order valence-electron chi connectivity index (χ0n) is 23.2. The highest BCUT2D eigenvalue weighted by Gasteiger charge is 2.72. The quantitative estimate of drug-likeness (QED) is 0.371. The van der Waals surface area contributed by atoms with Gasteiger partial charge in [-0.2, -0.15) is 0 Å². The molecule has 0 bridgehead atoms. The second-order valence-electron chi connectivity index (χ2n) is 14.6. The van der Waals surface area contributed by atoms with Crippen molar-refractivity contribution >= 4 is 5.97 Å². The predicted octanol–water partition coefficient (Wildman–Crippen LogP) is 6.15. The molecule has 0 spiro atoms. The molecule has 2 N–H and O–H groups in total. The van der Waals surface area contributed by atoms with Crippen molar-refractivity contribution in [2.75, 3.05) is 13.7 Å². The van der Waals surface area contributed by atoms with Gasteiger partial charge >= 0.3 is 5.97 Å². The summed E-state index contributed by atoms with van der Waals surface area (Å²) < 4.78 is 5.48. The fourth-order valence-corrected chi connectivity index (χ4v) is 11.7. The highest BCUT2D eigenvalue weighted by atomic mass is 16.5. The Bertz CT molecular complexity index is 898. The average Bonchev–Trinajstić information content (AvgIpc) is 3.23. The van der Waals surface area contributed by atoms with Crippen LogP contribution in [-0.4, -0.2) is 36.0 Å². The average molecular weight is 487 g/mol. The molecule has 5 rings (SSSR count). The van der Waals surface area contributed by atoms with Crippen LogP contribution in [0, 0.1) is 56.7 Å². The summed E-state index contributed by atoms with van der Waals surface area (Å²) in [6, 6.07) is 0. The van der Waals surface area contributed by atoms with E-state index >= 15 is 0 Å². The van der Waals surface area contributed by atoms with Crippen LogP contribution in [0.5, 0.6) is 0 Å². The van der Waals surface area contributed by atoms with Crippen molar-refractivity contribution in [3.8, 4) is 0 Å². The molecule has 0 heterocycles. The van der Waals surface area contributed by atoms with E-state index in [-0.39, 0.29) is 34.2 Å². The lowest BCUT2D eigenvalue weighted by Crippen LogP contribution is -2.67. The van der Waals surface area contributed by atoms with Crippen LogP contribution in [0.2, 0.25) is 0 Å². The highest BCUT2D eigenvalue weighted by Crippen LogP contribution is 2.77. The molecule has 0 aliphatic heterocycles. The van der Waals surface area contributed by atoms with Crippen LogP contribution < -0.4 is 0 Å². The monoisotopic (exact) mass is 486 g/mol. The van der Waals surface area contributed by atoms with E-state index in [2.05, 4.69) is 41.2 Å². The summed E-state index contributed by atoms with van der Waals surface area (Å²) in [5.74, 6) is 2.23. The van der Waals surface area contributed by atoms with E-state index < -0.39 is 11.5 Å². The highest BCUT2D eigenvalue weighted by molar-refractivity contribution is 5.78. The molecule has 0 radical (unpaired) electrons. The molecule has 5 aliphatic rings. The SMILES string of the molecule is C=C(C)[C@@H]1CC[C@]2(C(=O)OC)CC[C@]3(C)C(CCC4[C@@]5(C)CC[C@H](O)[C@@](C)(CO)[C@@H]5CC[C@]43C)C12. The minimum absolute atomic E-state index is 0.0243. The Morgan fingerprint density at radius 3 is 2.26 bits per heavy atom. The minimum atomic E-state index is -0.410. The summed E-state index contributed by atoms with van der Waals surface area (Å²) in [5, 5.41) is 21.4. The van der Waals surface area contributed by atoms with Crippen LogP contribution in [0.3, 0.4) is 0 Å². The fourth-order valence-electron chi connectivity index (χ4n) is 11.7. The second-order valence-corrected chi connectivity index (χ2v) is 14.6. The summed E-state index contributed by atoms with van der Waals surface area (Å²) in [6.45, 7) is 16.4. The van der Waals surface area contributed by atoms with E-state index in [0.717, 1.165) is 51.4 Å².